The maximum Gasteiger partial charge on any atom is 0.389 e. The molecule has 1 N–H and O–H groups in total. The molecule has 0 radical (unpaired) electrons. The first-order valence-corrected chi connectivity index (χ1v) is 4.77. The highest BCUT2D eigenvalue weighted by Crippen LogP contribution is 2.23. The van der Waals surface area contributed by atoms with Crippen LogP contribution in [-0.2, 0) is 6.42 Å². The van der Waals surface area contributed by atoms with Crippen LogP contribution in [0.3, 0.4) is 0 Å². The number of rotatable bonds is 5. The molecule has 0 fully saturated rings. The fourth-order valence-electron chi connectivity index (χ4n) is 1.36. The molecule has 0 aromatic carbocycles. The van der Waals surface area contributed by atoms with E-state index in [0.717, 1.165) is 0 Å². The fraction of sp³-hybridized carbons (Fsp3) is 0.600. The van der Waals surface area contributed by atoms with Gasteiger partial charge in [0.25, 0.3) is 0 Å². The van der Waals surface area contributed by atoms with Crippen LogP contribution < -0.4 is 5.32 Å². The molecule has 15 heavy (non-hydrogen) atoms. The molecule has 0 bridgehead atoms. The number of halogens is 3. The van der Waals surface area contributed by atoms with Crippen molar-refractivity contribution in [3.63, 3.8) is 0 Å². The summed E-state index contributed by atoms with van der Waals surface area (Å²) in [6.45, 7) is 0. The Bertz CT molecular complexity index is 269. The minimum atomic E-state index is -4.09. The smallest absolute Gasteiger partial charge is 0.389 e. The maximum atomic E-state index is 12.0. The highest BCUT2D eigenvalue weighted by Gasteiger charge is 2.28. The maximum absolute atomic E-state index is 12.0. The van der Waals surface area contributed by atoms with E-state index in [1.165, 1.54) is 6.26 Å². The van der Waals surface area contributed by atoms with Crippen molar-refractivity contribution in [1.82, 2.24) is 5.32 Å². The summed E-state index contributed by atoms with van der Waals surface area (Å²) in [4.78, 5) is 0. The van der Waals surface area contributed by atoms with Crippen LogP contribution in [0, 0.1) is 0 Å². The molecule has 0 aliphatic heterocycles. The molecule has 86 valence electrons. The average molecular weight is 221 g/mol. The van der Waals surface area contributed by atoms with Crippen molar-refractivity contribution in [2.24, 2.45) is 0 Å². The van der Waals surface area contributed by atoms with Crippen LogP contribution >= 0.6 is 0 Å². The van der Waals surface area contributed by atoms with E-state index in [1.807, 2.05) is 0 Å². The van der Waals surface area contributed by atoms with Gasteiger partial charge in [-0.15, -0.1) is 0 Å². The molecule has 1 unspecified atom stereocenters. The van der Waals surface area contributed by atoms with Gasteiger partial charge in [0.15, 0.2) is 0 Å². The Kier molecular flexibility index (Phi) is 4.20. The van der Waals surface area contributed by atoms with Crippen molar-refractivity contribution in [3.8, 4) is 0 Å². The van der Waals surface area contributed by atoms with Crippen LogP contribution in [0.5, 0.6) is 0 Å². The van der Waals surface area contributed by atoms with E-state index in [-0.39, 0.29) is 12.5 Å². The van der Waals surface area contributed by atoms with Gasteiger partial charge in [0.2, 0.25) is 0 Å². The number of furan rings is 1. The Hall–Kier alpha value is -0.970. The standard InChI is InChI=1S/C10H14F3NO/c1-14-8(4-5-10(11,12)13)7-9-3-2-6-15-9/h2-3,6,8,14H,4-5,7H2,1H3. The number of hydrogen-bond donors (Lipinski definition) is 1. The van der Waals surface area contributed by atoms with Crippen LogP contribution in [0.2, 0.25) is 0 Å². The lowest BCUT2D eigenvalue weighted by Crippen LogP contribution is -2.29. The quantitative estimate of drug-likeness (QED) is 0.827. The topological polar surface area (TPSA) is 25.2 Å². The van der Waals surface area contributed by atoms with Gasteiger partial charge in [0, 0.05) is 18.9 Å². The normalized spacial score (nSPS) is 14.1. The van der Waals surface area contributed by atoms with Gasteiger partial charge in [0.05, 0.1) is 6.26 Å². The lowest BCUT2D eigenvalue weighted by Gasteiger charge is -2.15. The summed E-state index contributed by atoms with van der Waals surface area (Å²) in [5.74, 6) is 0.705. The molecule has 5 heteroatoms. The molecule has 1 atom stereocenters. The highest BCUT2D eigenvalue weighted by atomic mass is 19.4. The Balaban J connectivity index is 2.36. The van der Waals surface area contributed by atoms with E-state index in [9.17, 15) is 13.2 Å². The van der Waals surface area contributed by atoms with Gasteiger partial charge in [-0.2, -0.15) is 13.2 Å². The predicted octanol–water partition coefficient (Wildman–Crippen LogP) is 2.75. The van der Waals surface area contributed by atoms with Crippen molar-refractivity contribution < 1.29 is 17.6 Å². The van der Waals surface area contributed by atoms with E-state index in [1.54, 1.807) is 19.2 Å². The van der Waals surface area contributed by atoms with Gasteiger partial charge in [-0.1, -0.05) is 0 Å². The molecule has 0 spiro atoms. The Morgan fingerprint density at radius 3 is 2.67 bits per heavy atom. The van der Waals surface area contributed by atoms with E-state index in [4.69, 9.17) is 4.42 Å². The molecule has 1 rings (SSSR count). The van der Waals surface area contributed by atoms with Crippen LogP contribution in [0.4, 0.5) is 13.2 Å². The van der Waals surface area contributed by atoms with Crippen molar-refractivity contribution in [2.75, 3.05) is 7.05 Å². The zero-order valence-corrected chi connectivity index (χ0v) is 8.47. The van der Waals surface area contributed by atoms with E-state index in [2.05, 4.69) is 5.32 Å². The molecule has 0 amide bonds. The van der Waals surface area contributed by atoms with Crippen LogP contribution in [0.15, 0.2) is 22.8 Å². The SMILES string of the molecule is CNC(CCC(F)(F)F)Cc1ccco1. The molecule has 2 nitrogen and oxygen atoms in total. The summed E-state index contributed by atoms with van der Waals surface area (Å²) in [6.07, 6.45) is -2.77. The fourth-order valence-corrected chi connectivity index (χ4v) is 1.36. The van der Waals surface area contributed by atoms with Crippen molar-refractivity contribution in [2.45, 2.75) is 31.5 Å². The lowest BCUT2D eigenvalue weighted by atomic mass is 10.1. The van der Waals surface area contributed by atoms with Gasteiger partial charge in [-0.3, -0.25) is 0 Å². The number of nitrogens with one attached hydrogen (secondary N) is 1. The number of likely N-dealkylation sites (N-methyl/N-ethyl adjacent to an activating group) is 1. The summed E-state index contributed by atoms with van der Waals surface area (Å²) in [6, 6.07) is 3.29. The van der Waals surface area contributed by atoms with Crippen molar-refractivity contribution in [1.29, 1.82) is 0 Å². The molecule has 1 aromatic rings. The second-order valence-corrected chi connectivity index (χ2v) is 3.42. The zero-order valence-electron chi connectivity index (χ0n) is 8.47. The van der Waals surface area contributed by atoms with Gasteiger partial charge < -0.3 is 9.73 Å². The molecule has 1 aromatic heterocycles. The van der Waals surface area contributed by atoms with E-state index < -0.39 is 12.6 Å². The minimum Gasteiger partial charge on any atom is -0.469 e. The monoisotopic (exact) mass is 221 g/mol. The third-order valence-corrected chi connectivity index (χ3v) is 2.21. The first-order valence-electron chi connectivity index (χ1n) is 4.77. The third-order valence-electron chi connectivity index (χ3n) is 2.21. The van der Waals surface area contributed by atoms with Gasteiger partial charge in [-0.05, 0) is 25.6 Å². The molecule has 1 heterocycles. The van der Waals surface area contributed by atoms with Crippen molar-refractivity contribution >= 4 is 0 Å². The molecular weight excluding hydrogens is 207 g/mol. The minimum absolute atomic E-state index is 0.0701. The Labute approximate surface area is 86.5 Å². The molecule has 0 aliphatic rings. The lowest BCUT2D eigenvalue weighted by molar-refractivity contribution is -0.136. The summed E-state index contributed by atoms with van der Waals surface area (Å²) in [5, 5.41) is 2.85. The van der Waals surface area contributed by atoms with Crippen LogP contribution in [-0.4, -0.2) is 19.3 Å². The first-order chi connectivity index (χ1) is 7.01. The number of alkyl halides is 3. The third kappa shape index (κ3) is 4.88. The summed E-state index contributed by atoms with van der Waals surface area (Å²) < 4.78 is 41.0. The van der Waals surface area contributed by atoms with Crippen LogP contribution in [0.25, 0.3) is 0 Å². The predicted molar refractivity (Wildman–Crippen MR) is 50.5 cm³/mol. The Morgan fingerprint density at radius 1 is 1.47 bits per heavy atom. The number of hydrogen-bond acceptors (Lipinski definition) is 2. The highest BCUT2D eigenvalue weighted by molar-refractivity contribution is 5.00. The summed E-state index contributed by atoms with van der Waals surface area (Å²) in [5.41, 5.74) is 0. The average Bonchev–Trinajstić information content (AvgIpc) is 2.63. The molecule has 0 aliphatic carbocycles. The second-order valence-electron chi connectivity index (χ2n) is 3.42. The zero-order chi connectivity index (χ0) is 11.3. The molecule has 0 saturated carbocycles. The van der Waals surface area contributed by atoms with Gasteiger partial charge in [0.1, 0.15) is 5.76 Å². The van der Waals surface area contributed by atoms with E-state index >= 15 is 0 Å². The summed E-state index contributed by atoms with van der Waals surface area (Å²) in [7, 11) is 1.66. The Morgan fingerprint density at radius 2 is 2.20 bits per heavy atom. The second kappa shape index (κ2) is 5.21. The van der Waals surface area contributed by atoms with Crippen LogP contribution in [0.1, 0.15) is 18.6 Å². The van der Waals surface area contributed by atoms with E-state index in [0.29, 0.717) is 12.2 Å². The molecule has 0 saturated heterocycles. The van der Waals surface area contributed by atoms with Gasteiger partial charge >= 0.3 is 6.18 Å². The summed E-state index contributed by atoms with van der Waals surface area (Å²) >= 11 is 0. The van der Waals surface area contributed by atoms with Gasteiger partial charge in [-0.25, -0.2) is 0 Å². The van der Waals surface area contributed by atoms with Crippen molar-refractivity contribution in [3.05, 3.63) is 24.2 Å². The largest absolute Gasteiger partial charge is 0.469 e. The first kappa shape index (κ1) is 12.1. The molecular formula is C10H14F3NO.